The molecule has 3 N–H and O–H groups in total. The summed E-state index contributed by atoms with van der Waals surface area (Å²) in [5, 5.41) is 13.4. The van der Waals surface area contributed by atoms with Gasteiger partial charge in [0, 0.05) is 13.6 Å². The number of aryl methyl sites for hydroxylation is 1. The van der Waals surface area contributed by atoms with E-state index in [0.29, 0.717) is 5.82 Å². The van der Waals surface area contributed by atoms with Gasteiger partial charge in [-0.2, -0.15) is 5.10 Å². The van der Waals surface area contributed by atoms with E-state index in [0.717, 1.165) is 0 Å². The topological polar surface area (TPSA) is 77.0 Å². The molecule has 1 atom stereocenters. The van der Waals surface area contributed by atoms with Crippen molar-refractivity contribution in [2.75, 3.05) is 6.54 Å². The fourth-order valence-electron chi connectivity index (χ4n) is 0.875. The van der Waals surface area contributed by atoms with Crippen LogP contribution in [0.1, 0.15) is 12.7 Å². The summed E-state index contributed by atoms with van der Waals surface area (Å²) in [6.07, 6.45) is 1.39. The summed E-state index contributed by atoms with van der Waals surface area (Å²) >= 11 is 0. The number of aromatic nitrogens is 3. The van der Waals surface area contributed by atoms with Gasteiger partial charge < -0.3 is 10.8 Å². The Morgan fingerprint density at radius 1 is 1.82 bits per heavy atom. The first-order valence-electron chi connectivity index (χ1n) is 3.35. The molecule has 0 fully saturated rings. The van der Waals surface area contributed by atoms with Gasteiger partial charge in [0.25, 0.3) is 0 Å². The minimum atomic E-state index is -1.08. The Morgan fingerprint density at radius 2 is 2.45 bits per heavy atom. The van der Waals surface area contributed by atoms with Crippen LogP contribution in [-0.4, -0.2) is 26.4 Å². The highest BCUT2D eigenvalue weighted by atomic mass is 16.3. The summed E-state index contributed by atoms with van der Waals surface area (Å²) in [4.78, 5) is 3.88. The molecule has 11 heavy (non-hydrogen) atoms. The lowest BCUT2D eigenvalue weighted by Crippen LogP contribution is -2.34. The van der Waals surface area contributed by atoms with Gasteiger partial charge in [0.1, 0.15) is 11.9 Å². The van der Waals surface area contributed by atoms with Crippen molar-refractivity contribution in [3.05, 3.63) is 12.2 Å². The fraction of sp³-hybridized carbons (Fsp3) is 0.667. The minimum Gasteiger partial charge on any atom is -0.381 e. The molecule has 1 heterocycles. The van der Waals surface area contributed by atoms with E-state index in [4.69, 9.17) is 5.73 Å². The number of hydrogen-bond acceptors (Lipinski definition) is 4. The van der Waals surface area contributed by atoms with Crippen LogP contribution in [-0.2, 0) is 12.6 Å². The quantitative estimate of drug-likeness (QED) is 0.574. The van der Waals surface area contributed by atoms with Crippen molar-refractivity contribution in [2.45, 2.75) is 12.5 Å². The molecule has 62 valence electrons. The Hall–Kier alpha value is -0.940. The van der Waals surface area contributed by atoms with E-state index >= 15 is 0 Å². The molecule has 0 saturated carbocycles. The lowest BCUT2D eigenvalue weighted by atomic mass is 10.1. The van der Waals surface area contributed by atoms with Crippen molar-refractivity contribution < 1.29 is 5.11 Å². The minimum absolute atomic E-state index is 0.138. The predicted octanol–water partition coefficient (Wildman–Crippen LogP) is -1.02. The van der Waals surface area contributed by atoms with Crippen LogP contribution in [0.2, 0.25) is 0 Å². The highest BCUT2D eigenvalue weighted by molar-refractivity contribution is 4.98. The number of nitrogens with zero attached hydrogens (tertiary/aromatic N) is 3. The van der Waals surface area contributed by atoms with Crippen LogP contribution in [0.25, 0.3) is 0 Å². The zero-order chi connectivity index (χ0) is 8.48. The van der Waals surface area contributed by atoms with Crippen LogP contribution in [0.3, 0.4) is 0 Å². The van der Waals surface area contributed by atoms with Gasteiger partial charge in [-0.3, -0.25) is 4.68 Å². The van der Waals surface area contributed by atoms with Crippen molar-refractivity contribution >= 4 is 0 Å². The van der Waals surface area contributed by atoms with Gasteiger partial charge in [0.2, 0.25) is 0 Å². The van der Waals surface area contributed by atoms with Crippen molar-refractivity contribution in [3.8, 4) is 0 Å². The summed E-state index contributed by atoms with van der Waals surface area (Å²) in [6, 6.07) is 0. The summed E-state index contributed by atoms with van der Waals surface area (Å²) in [5.74, 6) is 0.486. The average molecular weight is 156 g/mol. The Bertz CT molecular complexity index is 242. The van der Waals surface area contributed by atoms with E-state index in [1.165, 1.54) is 11.0 Å². The molecule has 0 saturated heterocycles. The van der Waals surface area contributed by atoms with Crippen LogP contribution in [0.15, 0.2) is 6.33 Å². The van der Waals surface area contributed by atoms with Gasteiger partial charge in [0.05, 0.1) is 0 Å². The van der Waals surface area contributed by atoms with E-state index in [-0.39, 0.29) is 6.54 Å². The highest BCUT2D eigenvalue weighted by Crippen LogP contribution is 2.14. The zero-order valence-electron chi connectivity index (χ0n) is 6.65. The summed E-state index contributed by atoms with van der Waals surface area (Å²) < 4.78 is 1.51. The van der Waals surface area contributed by atoms with E-state index in [2.05, 4.69) is 10.1 Å². The van der Waals surface area contributed by atoms with Gasteiger partial charge in [-0.25, -0.2) is 4.98 Å². The third-order valence-corrected chi connectivity index (χ3v) is 1.59. The van der Waals surface area contributed by atoms with Crippen LogP contribution < -0.4 is 5.73 Å². The second-order valence-corrected chi connectivity index (χ2v) is 2.69. The zero-order valence-corrected chi connectivity index (χ0v) is 6.65. The molecular weight excluding hydrogens is 144 g/mol. The first-order chi connectivity index (χ1) is 5.08. The van der Waals surface area contributed by atoms with E-state index < -0.39 is 5.60 Å². The SMILES string of the molecule is Cn1ncnc1C(C)(O)CN. The van der Waals surface area contributed by atoms with E-state index in [1.54, 1.807) is 14.0 Å². The van der Waals surface area contributed by atoms with Gasteiger partial charge in [-0.05, 0) is 6.92 Å². The fourth-order valence-corrected chi connectivity index (χ4v) is 0.875. The van der Waals surface area contributed by atoms with Crippen molar-refractivity contribution in [3.63, 3.8) is 0 Å². The number of hydrogen-bond donors (Lipinski definition) is 2. The van der Waals surface area contributed by atoms with E-state index in [9.17, 15) is 5.11 Å². The molecule has 0 aliphatic heterocycles. The monoisotopic (exact) mass is 156 g/mol. The van der Waals surface area contributed by atoms with E-state index in [1.807, 2.05) is 0 Å². The highest BCUT2D eigenvalue weighted by Gasteiger charge is 2.25. The summed E-state index contributed by atoms with van der Waals surface area (Å²) in [6.45, 7) is 1.75. The Kier molecular flexibility index (Phi) is 1.92. The summed E-state index contributed by atoms with van der Waals surface area (Å²) in [7, 11) is 1.71. The number of nitrogens with two attached hydrogens (primary N) is 1. The van der Waals surface area contributed by atoms with Gasteiger partial charge in [-0.15, -0.1) is 0 Å². The first-order valence-corrected chi connectivity index (χ1v) is 3.35. The normalized spacial score (nSPS) is 16.4. The molecule has 0 spiro atoms. The molecular formula is C6H12N4O. The lowest BCUT2D eigenvalue weighted by Gasteiger charge is -2.18. The van der Waals surface area contributed by atoms with Gasteiger partial charge in [-0.1, -0.05) is 0 Å². The molecule has 0 bridgehead atoms. The molecule has 0 amide bonds. The summed E-state index contributed by atoms with van der Waals surface area (Å²) in [5.41, 5.74) is 4.26. The van der Waals surface area contributed by atoms with Gasteiger partial charge in [0.15, 0.2) is 5.82 Å². The van der Waals surface area contributed by atoms with Crippen LogP contribution >= 0.6 is 0 Å². The Morgan fingerprint density at radius 3 is 2.82 bits per heavy atom. The smallest absolute Gasteiger partial charge is 0.159 e. The van der Waals surface area contributed by atoms with Crippen molar-refractivity contribution in [1.29, 1.82) is 0 Å². The predicted molar refractivity (Wildman–Crippen MR) is 39.6 cm³/mol. The molecule has 0 aliphatic rings. The maximum atomic E-state index is 9.62. The Balaban J connectivity index is 3.00. The largest absolute Gasteiger partial charge is 0.381 e. The first kappa shape index (κ1) is 8.16. The maximum absolute atomic E-state index is 9.62. The molecule has 1 rings (SSSR count). The van der Waals surface area contributed by atoms with Crippen LogP contribution in [0.5, 0.6) is 0 Å². The third kappa shape index (κ3) is 1.38. The molecule has 5 nitrogen and oxygen atoms in total. The third-order valence-electron chi connectivity index (χ3n) is 1.59. The Labute approximate surface area is 64.9 Å². The standard InChI is InChI=1S/C6H12N4O/c1-6(11,3-7)5-8-4-9-10(5)2/h4,11H,3,7H2,1-2H3. The van der Waals surface area contributed by atoms with Gasteiger partial charge >= 0.3 is 0 Å². The van der Waals surface area contributed by atoms with Crippen LogP contribution in [0, 0.1) is 0 Å². The van der Waals surface area contributed by atoms with Crippen molar-refractivity contribution in [1.82, 2.24) is 14.8 Å². The number of aliphatic hydroxyl groups is 1. The molecule has 0 aromatic carbocycles. The van der Waals surface area contributed by atoms with Crippen LogP contribution in [0.4, 0.5) is 0 Å². The molecule has 1 aromatic rings. The molecule has 0 aliphatic carbocycles. The maximum Gasteiger partial charge on any atom is 0.159 e. The second-order valence-electron chi connectivity index (χ2n) is 2.69. The van der Waals surface area contributed by atoms with Crippen molar-refractivity contribution in [2.24, 2.45) is 12.8 Å². The lowest BCUT2D eigenvalue weighted by molar-refractivity contribution is 0.0534. The second kappa shape index (κ2) is 2.60. The average Bonchev–Trinajstić information content (AvgIpc) is 2.36. The number of rotatable bonds is 2. The molecule has 1 unspecified atom stereocenters. The molecule has 1 aromatic heterocycles. The molecule has 5 heteroatoms. The molecule has 0 radical (unpaired) electrons.